The molecule has 18 heavy (non-hydrogen) atoms. The van der Waals surface area contributed by atoms with Crippen molar-refractivity contribution in [2.45, 2.75) is 18.6 Å². The molecule has 1 aromatic heterocycles. The zero-order chi connectivity index (χ0) is 14.1. The third-order valence-electron chi connectivity index (χ3n) is 2.57. The number of anilines is 1. The molecule has 0 spiro atoms. The molecule has 0 saturated carbocycles. The van der Waals surface area contributed by atoms with Gasteiger partial charge in [0.2, 0.25) is 0 Å². The van der Waals surface area contributed by atoms with Gasteiger partial charge in [-0.1, -0.05) is 34.8 Å². The first kappa shape index (κ1) is 15.8. The van der Waals surface area contributed by atoms with E-state index in [2.05, 4.69) is 10.3 Å². The summed E-state index contributed by atoms with van der Waals surface area (Å²) in [4.78, 5) is 3.95. The first-order valence-corrected chi connectivity index (χ1v) is 8.02. The van der Waals surface area contributed by atoms with Crippen LogP contribution in [0.15, 0.2) is 6.07 Å². The molecule has 0 radical (unpaired) electrons. The van der Waals surface area contributed by atoms with Crippen molar-refractivity contribution in [1.29, 1.82) is 0 Å². The highest BCUT2D eigenvalue weighted by molar-refractivity contribution is 7.92. The summed E-state index contributed by atoms with van der Waals surface area (Å²) in [5.74, 6) is 0.308. The first-order chi connectivity index (χ1) is 8.04. The predicted molar refractivity (Wildman–Crippen MR) is 76.7 cm³/mol. The zero-order valence-electron chi connectivity index (χ0n) is 10.1. The third kappa shape index (κ3) is 3.63. The van der Waals surface area contributed by atoms with E-state index in [-0.39, 0.29) is 21.7 Å². The second-order valence-electron chi connectivity index (χ2n) is 4.48. The van der Waals surface area contributed by atoms with E-state index in [1.54, 1.807) is 13.8 Å². The quantitative estimate of drug-likeness (QED) is 0.860. The van der Waals surface area contributed by atoms with Crippen LogP contribution in [0.5, 0.6) is 0 Å². The lowest BCUT2D eigenvalue weighted by molar-refractivity contribution is 0.559. The average Bonchev–Trinajstić information content (AvgIpc) is 2.20. The van der Waals surface area contributed by atoms with Crippen molar-refractivity contribution < 1.29 is 8.42 Å². The van der Waals surface area contributed by atoms with Gasteiger partial charge in [0, 0.05) is 12.8 Å². The van der Waals surface area contributed by atoms with Crippen molar-refractivity contribution in [3.63, 3.8) is 0 Å². The molecule has 0 unspecified atom stereocenters. The molecule has 0 atom stereocenters. The van der Waals surface area contributed by atoms with Crippen LogP contribution in [0, 0.1) is 0 Å². The van der Waals surface area contributed by atoms with Crippen LogP contribution in [0.4, 0.5) is 5.82 Å². The summed E-state index contributed by atoms with van der Waals surface area (Å²) < 4.78 is 22.1. The minimum atomic E-state index is -3.20. The van der Waals surface area contributed by atoms with E-state index >= 15 is 0 Å². The lowest BCUT2D eigenvalue weighted by atomic mass is 10.2. The van der Waals surface area contributed by atoms with Crippen LogP contribution in [0.3, 0.4) is 0 Å². The maximum atomic E-state index is 11.5. The normalized spacial score (nSPS) is 12.6. The van der Waals surface area contributed by atoms with E-state index in [1.807, 2.05) is 0 Å². The van der Waals surface area contributed by atoms with Crippen molar-refractivity contribution in [2.24, 2.45) is 0 Å². The predicted octanol–water partition coefficient (Wildman–Crippen LogP) is 3.28. The summed E-state index contributed by atoms with van der Waals surface area (Å²) in [7, 11) is -3.20. The second-order valence-corrected chi connectivity index (χ2v) is 8.30. The highest BCUT2D eigenvalue weighted by atomic mass is 35.5. The van der Waals surface area contributed by atoms with E-state index in [0.29, 0.717) is 5.82 Å². The van der Waals surface area contributed by atoms with Crippen LogP contribution >= 0.6 is 34.8 Å². The summed E-state index contributed by atoms with van der Waals surface area (Å²) >= 11 is 17.4. The number of halogens is 3. The second kappa shape index (κ2) is 5.41. The van der Waals surface area contributed by atoms with Gasteiger partial charge in [-0.05, 0) is 19.9 Å². The first-order valence-electron chi connectivity index (χ1n) is 4.99. The molecule has 0 amide bonds. The van der Waals surface area contributed by atoms with E-state index < -0.39 is 14.6 Å². The Labute approximate surface area is 122 Å². The molecule has 8 heteroatoms. The number of aromatic nitrogens is 1. The number of sulfone groups is 1. The van der Waals surface area contributed by atoms with Gasteiger partial charge in [-0.2, -0.15) is 0 Å². The fraction of sp³-hybridized carbons (Fsp3) is 0.500. The molecule has 0 aliphatic carbocycles. The van der Waals surface area contributed by atoms with Crippen molar-refractivity contribution in [1.82, 2.24) is 4.98 Å². The SMILES string of the molecule is CC(C)(CNc1nc(Cl)c(Cl)cc1Cl)S(C)(=O)=O. The standard InChI is InChI=1S/C10H13Cl3N2O2S/c1-10(2,18(3,16)17)5-14-9-7(12)4-6(11)8(13)15-9/h4H,5H2,1-3H3,(H,14,15). The number of rotatable bonds is 4. The Bertz CT molecular complexity index is 558. The molecule has 4 nitrogen and oxygen atoms in total. The van der Waals surface area contributed by atoms with Gasteiger partial charge < -0.3 is 5.32 Å². The Balaban J connectivity index is 2.91. The van der Waals surface area contributed by atoms with Crippen LogP contribution in [-0.2, 0) is 9.84 Å². The molecule has 1 aromatic rings. The number of hydrogen-bond donors (Lipinski definition) is 1. The summed E-state index contributed by atoms with van der Waals surface area (Å²) in [6.07, 6.45) is 1.18. The number of pyridine rings is 1. The Morgan fingerprint density at radius 1 is 1.28 bits per heavy atom. The average molecular weight is 332 g/mol. The Kier molecular flexibility index (Phi) is 4.76. The molecular formula is C10H13Cl3N2O2S. The van der Waals surface area contributed by atoms with Gasteiger partial charge in [-0.15, -0.1) is 0 Å². The summed E-state index contributed by atoms with van der Waals surface area (Å²) in [5.41, 5.74) is 0. The number of nitrogens with zero attached hydrogens (tertiary/aromatic N) is 1. The molecule has 0 fully saturated rings. The Hall–Kier alpha value is -0.230. The fourth-order valence-electron chi connectivity index (χ4n) is 0.996. The molecule has 0 aromatic carbocycles. The molecule has 0 saturated heterocycles. The summed E-state index contributed by atoms with van der Waals surface area (Å²) in [6, 6.07) is 1.45. The highest BCUT2D eigenvalue weighted by Crippen LogP contribution is 2.29. The van der Waals surface area contributed by atoms with E-state index in [9.17, 15) is 8.42 Å². The Morgan fingerprint density at radius 3 is 2.33 bits per heavy atom. The lowest BCUT2D eigenvalue weighted by Crippen LogP contribution is -2.38. The van der Waals surface area contributed by atoms with Crippen molar-refractivity contribution in [3.05, 3.63) is 21.3 Å². The molecule has 0 bridgehead atoms. The topological polar surface area (TPSA) is 59.1 Å². The molecule has 0 aliphatic heterocycles. The monoisotopic (exact) mass is 330 g/mol. The van der Waals surface area contributed by atoms with E-state index in [1.165, 1.54) is 12.3 Å². The molecule has 1 heterocycles. The van der Waals surface area contributed by atoms with Gasteiger partial charge in [0.15, 0.2) is 9.84 Å². The van der Waals surface area contributed by atoms with Crippen LogP contribution in [0.1, 0.15) is 13.8 Å². The van der Waals surface area contributed by atoms with Gasteiger partial charge in [-0.3, -0.25) is 0 Å². The van der Waals surface area contributed by atoms with Crippen LogP contribution < -0.4 is 5.32 Å². The van der Waals surface area contributed by atoms with Crippen LogP contribution in [-0.4, -0.2) is 30.9 Å². The minimum absolute atomic E-state index is 0.112. The highest BCUT2D eigenvalue weighted by Gasteiger charge is 2.30. The molecule has 1 rings (SSSR count). The summed E-state index contributed by atoms with van der Waals surface area (Å²) in [5, 5.41) is 3.51. The minimum Gasteiger partial charge on any atom is -0.367 e. The van der Waals surface area contributed by atoms with Gasteiger partial charge in [0.1, 0.15) is 11.0 Å². The van der Waals surface area contributed by atoms with Crippen LogP contribution in [0.25, 0.3) is 0 Å². The maximum absolute atomic E-state index is 11.5. The van der Waals surface area contributed by atoms with Crippen LogP contribution in [0.2, 0.25) is 15.2 Å². The third-order valence-corrected chi connectivity index (χ3v) is 5.68. The number of nitrogens with one attached hydrogen (secondary N) is 1. The van der Waals surface area contributed by atoms with Crippen molar-refractivity contribution in [3.8, 4) is 0 Å². The van der Waals surface area contributed by atoms with E-state index in [4.69, 9.17) is 34.8 Å². The molecule has 0 aliphatic rings. The van der Waals surface area contributed by atoms with Gasteiger partial charge in [0.25, 0.3) is 0 Å². The van der Waals surface area contributed by atoms with Gasteiger partial charge in [0.05, 0.1) is 14.8 Å². The fourth-order valence-corrected chi connectivity index (χ4v) is 1.89. The molecule has 1 N–H and O–H groups in total. The van der Waals surface area contributed by atoms with Crippen molar-refractivity contribution in [2.75, 3.05) is 18.1 Å². The lowest BCUT2D eigenvalue weighted by Gasteiger charge is -2.23. The molecular weight excluding hydrogens is 319 g/mol. The Morgan fingerprint density at radius 2 is 1.83 bits per heavy atom. The van der Waals surface area contributed by atoms with Gasteiger partial charge >= 0.3 is 0 Å². The largest absolute Gasteiger partial charge is 0.367 e. The summed E-state index contributed by atoms with van der Waals surface area (Å²) in [6.45, 7) is 3.39. The molecule has 102 valence electrons. The smallest absolute Gasteiger partial charge is 0.154 e. The maximum Gasteiger partial charge on any atom is 0.154 e. The zero-order valence-corrected chi connectivity index (χ0v) is 13.2. The number of hydrogen-bond acceptors (Lipinski definition) is 4. The van der Waals surface area contributed by atoms with Gasteiger partial charge in [-0.25, -0.2) is 13.4 Å². The van der Waals surface area contributed by atoms with E-state index in [0.717, 1.165) is 0 Å². The van der Waals surface area contributed by atoms with Crippen molar-refractivity contribution >= 4 is 50.5 Å².